The summed E-state index contributed by atoms with van der Waals surface area (Å²) >= 11 is 0. The molecule has 2 amide bonds. The van der Waals surface area contributed by atoms with E-state index >= 15 is 0 Å². The van der Waals surface area contributed by atoms with Crippen LogP contribution in [0.2, 0.25) is 0 Å². The number of nitrogens with one attached hydrogen (secondary N) is 2. The number of urea groups is 1. The zero-order chi connectivity index (χ0) is 10.6. The molecule has 1 rings (SSSR count). The molecule has 3 N–H and O–H groups in total. The molecular formula is C7H9N3O4. The van der Waals surface area contributed by atoms with E-state index in [2.05, 4.69) is 20.3 Å². The predicted octanol–water partition coefficient (Wildman–Crippen LogP) is 0.269. The number of carbonyl (C=O) groups is 2. The second kappa shape index (κ2) is 4.26. The van der Waals surface area contributed by atoms with E-state index in [0.29, 0.717) is 0 Å². The fourth-order valence-electron chi connectivity index (χ4n) is 0.687. The van der Waals surface area contributed by atoms with E-state index in [9.17, 15) is 9.59 Å². The largest absolute Gasteiger partial charge is 0.480 e. The molecule has 14 heavy (non-hydrogen) atoms. The van der Waals surface area contributed by atoms with Gasteiger partial charge in [0.15, 0.2) is 0 Å². The van der Waals surface area contributed by atoms with Gasteiger partial charge in [0.1, 0.15) is 6.04 Å². The first-order chi connectivity index (χ1) is 6.59. The SMILES string of the molecule is CC(NC(=O)Nc1ccno1)C(=O)O. The number of hydrogen-bond donors (Lipinski definition) is 3. The average molecular weight is 199 g/mol. The molecule has 0 aromatic carbocycles. The van der Waals surface area contributed by atoms with Crippen LogP contribution in [-0.4, -0.2) is 28.3 Å². The topological polar surface area (TPSA) is 104 Å². The molecule has 0 aliphatic carbocycles. The number of rotatable bonds is 3. The van der Waals surface area contributed by atoms with E-state index in [-0.39, 0.29) is 5.88 Å². The lowest BCUT2D eigenvalue weighted by Gasteiger charge is -2.08. The maximum atomic E-state index is 11.1. The molecule has 1 heterocycles. The number of carboxylic acid groups (broad SMARTS) is 1. The van der Waals surface area contributed by atoms with Crippen LogP contribution in [0.25, 0.3) is 0 Å². The predicted molar refractivity (Wildman–Crippen MR) is 45.8 cm³/mol. The number of hydrogen-bond acceptors (Lipinski definition) is 4. The van der Waals surface area contributed by atoms with Gasteiger partial charge in [0.2, 0.25) is 5.88 Å². The number of carboxylic acids is 1. The Morgan fingerprint density at radius 1 is 1.64 bits per heavy atom. The molecule has 1 aromatic heterocycles. The van der Waals surface area contributed by atoms with Gasteiger partial charge in [-0.15, -0.1) is 0 Å². The quantitative estimate of drug-likeness (QED) is 0.648. The van der Waals surface area contributed by atoms with Gasteiger partial charge < -0.3 is 14.9 Å². The van der Waals surface area contributed by atoms with Crippen LogP contribution in [0.3, 0.4) is 0 Å². The van der Waals surface area contributed by atoms with Crippen LogP contribution in [0.4, 0.5) is 10.7 Å². The highest BCUT2D eigenvalue weighted by atomic mass is 16.5. The molecule has 7 nitrogen and oxygen atoms in total. The summed E-state index contributed by atoms with van der Waals surface area (Å²) in [4.78, 5) is 21.4. The van der Waals surface area contributed by atoms with Crippen LogP contribution in [0.15, 0.2) is 16.8 Å². The Balaban J connectivity index is 2.40. The Morgan fingerprint density at radius 3 is 2.86 bits per heavy atom. The Morgan fingerprint density at radius 2 is 2.36 bits per heavy atom. The minimum Gasteiger partial charge on any atom is -0.480 e. The van der Waals surface area contributed by atoms with Crippen molar-refractivity contribution in [2.24, 2.45) is 0 Å². The lowest BCUT2D eigenvalue weighted by Crippen LogP contribution is -2.40. The van der Waals surface area contributed by atoms with Crippen molar-refractivity contribution >= 4 is 17.9 Å². The van der Waals surface area contributed by atoms with Crippen molar-refractivity contribution in [3.63, 3.8) is 0 Å². The zero-order valence-electron chi connectivity index (χ0n) is 7.35. The summed E-state index contributed by atoms with van der Waals surface area (Å²) in [6, 6.07) is -0.181. The second-order valence-electron chi connectivity index (χ2n) is 2.54. The van der Waals surface area contributed by atoms with Crippen LogP contribution in [0.1, 0.15) is 6.92 Å². The maximum Gasteiger partial charge on any atom is 0.325 e. The first kappa shape index (κ1) is 10.0. The molecule has 7 heteroatoms. The molecule has 0 saturated heterocycles. The zero-order valence-corrected chi connectivity index (χ0v) is 7.35. The van der Waals surface area contributed by atoms with Crippen molar-refractivity contribution in [3.8, 4) is 0 Å². The molecule has 1 unspecified atom stereocenters. The van der Waals surface area contributed by atoms with Crippen LogP contribution < -0.4 is 10.6 Å². The fourth-order valence-corrected chi connectivity index (χ4v) is 0.687. The van der Waals surface area contributed by atoms with Gasteiger partial charge in [-0.25, -0.2) is 4.79 Å². The van der Waals surface area contributed by atoms with E-state index < -0.39 is 18.0 Å². The number of amides is 2. The molecule has 0 saturated carbocycles. The van der Waals surface area contributed by atoms with Crippen molar-refractivity contribution in [3.05, 3.63) is 12.3 Å². The monoisotopic (exact) mass is 199 g/mol. The van der Waals surface area contributed by atoms with Crippen molar-refractivity contribution in [1.29, 1.82) is 0 Å². The normalized spacial score (nSPS) is 11.8. The van der Waals surface area contributed by atoms with Gasteiger partial charge >= 0.3 is 12.0 Å². The Hall–Kier alpha value is -2.05. The Bertz CT molecular complexity index is 322. The van der Waals surface area contributed by atoms with Gasteiger partial charge in [-0.05, 0) is 6.92 Å². The molecule has 0 aliphatic rings. The standard InChI is InChI=1S/C7H9N3O4/c1-4(6(11)12)9-7(13)10-5-2-3-8-14-5/h2-4H,1H3,(H,11,12)(H2,9,10,13). The maximum absolute atomic E-state index is 11.1. The molecule has 0 fully saturated rings. The van der Waals surface area contributed by atoms with Crippen LogP contribution in [-0.2, 0) is 4.79 Å². The van der Waals surface area contributed by atoms with E-state index in [4.69, 9.17) is 5.11 Å². The first-order valence-electron chi connectivity index (χ1n) is 3.80. The number of aliphatic carboxylic acids is 1. The number of anilines is 1. The third kappa shape index (κ3) is 2.77. The molecule has 0 spiro atoms. The smallest absolute Gasteiger partial charge is 0.325 e. The highest BCUT2D eigenvalue weighted by Crippen LogP contribution is 2.02. The molecular weight excluding hydrogens is 190 g/mol. The summed E-state index contributed by atoms with van der Waals surface area (Å²) in [6.45, 7) is 1.35. The molecule has 0 aliphatic heterocycles. The molecule has 1 aromatic rings. The van der Waals surface area contributed by atoms with Gasteiger partial charge in [0, 0.05) is 6.07 Å². The van der Waals surface area contributed by atoms with Crippen molar-refractivity contribution < 1.29 is 19.2 Å². The van der Waals surface area contributed by atoms with Gasteiger partial charge in [0.25, 0.3) is 0 Å². The summed E-state index contributed by atoms with van der Waals surface area (Å²) in [7, 11) is 0. The second-order valence-corrected chi connectivity index (χ2v) is 2.54. The lowest BCUT2D eigenvalue weighted by atomic mass is 10.3. The van der Waals surface area contributed by atoms with Crippen molar-refractivity contribution in [2.45, 2.75) is 13.0 Å². The van der Waals surface area contributed by atoms with E-state index in [1.807, 2.05) is 0 Å². The Kier molecular flexibility index (Phi) is 3.05. The molecule has 1 atom stereocenters. The van der Waals surface area contributed by atoms with E-state index in [1.54, 1.807) is 0 Å². The minimum absolute atomic E-state index is 0.153. The number of aromatic nitrogens is 1. The summed E-state index contributed by atoms with van der Waals surface area (Å²) in [5.41, 5.74) is 0. The number of carbonyl (C=O) groups excluding carboxylic acids is 1. The van der Waals surface area contributed by atoms with Crippen molar-refractivity contribution in [2.75, 3.05) is 5.32 Å². The van der Waals surface area contributed by atoms with Gasteiger partial charge in [-0.1, -0.05) is 5.16 Å². The summed E-state index contributed by atoms with van der Waals surface area (Å²) < 4.78 is 4.58. The fraction of sp³-hybridized carbons (Fsp3) is 0.286. The van der Waals surface area contributed by atoms with Crippen LogP contribution in [0.5, 0.6) is 0 Å². The van der Waals surface area contributed by atoms with E-state index in [1.165, 1.54) is 19.2 Å². The lowest BCUT2D eigenvalue weighted by molar-refractivity contribution is -0.138. The minimum atomic E-state index is -1.11. The highest BCUT2D eigenvalue weighted by Gasteiger charge is 2.14. The van der Waals surface area contributed by atoms with Gasteiger partial charge in [-0.2, -0.15) is 0 Å². The summed E-state index contributed by atoms with van der Waals surface area (Å²) in [6.07, 6.45) is 1.36. The molecule has 76 valence electrons. The third-order valence-corrected chi connectivity index (χ3v) is 1.39. The highest BCUT2D eigenvalue weighted by molar-refractivity contribution is 5.90. The van der Waals surface area contributed by atoms with Crippen molar-refractivity contribution in [1.82, 2.24) is 10.5 Å². The Labute approximate surface area is 79.1 Å². The molecule has 0 radical (unpaired) electrons. The summed E-state index contributed by atoms with van der Waals surface area (Å²) in [5, 5.41) is 16.3. The third-order valence-electron chi connectivity index (χ3n) is 1.39. The van der Waals surface area contributed by atoms with Gasteiger partial charge in [0.05, 0.1) is 6.20 Å². The first-order valence-corrected chi connectivity index (χ1v) is 3.80. The summed E-state index contributed by atoms with van der Waals surface area (Å²) in [5.74, 6) is -0.960. The average Bonchev–Trinajstić information content (AvgIpc) is 2.56. The van der Waals surface area contributed by atoms with Gasteiger partial charge in [-0.3, -0.25) is 10.1 Å². The molecule has 0 bridgehead atoms. The van der Waals surface area contributed by atoms with Crippen LogP contribution in [0, 0.1) is 0 Å². The van der Waals surface area contributed by atoms with E-state index in [0.717, 1.165) is 0 Å². The number of nitrogens with zero attached hydrogens (tertiary/aromatic N) is 1. The van der Waals surface area contributed by atoms with Crippen LogP contribution >= 0.6 is 0 Å².